The van der Waals surface area contributed by atoms with Crippen LogP contribution in [0.5, 0.6) is 5.75 Å². The smallest absolute Gasteiger partial charge is 0.119 e. The van der Waals surface area contributed by atoms with E-state index in [1.54, 1.807) is 18.4 Å². The van der Waals surface area contributed by atoms with Gasteiger partial charge in [0.25, 0.3) is 0 Å². The molecule has 1 aromatic carbocycles. The summed E-state index contributed by atoms with van der Waals surface area (Å²) in [5.74, 6) is 0.773. The van der Waals surface area contributed by atoms with Crippen LogP contribution < -0.4 is 4.74 Å². The molecule has 0 saturated carbocycles. The van der Waals surface area contributed by atoms with Gasteiger partial charge >= 0.3 is 0 Å². The first kappa shape index (κ1) is 15.5. The molecule has 0 radical (unpaired) electrons. The van der Waals surface area contributed by atoms with E-state index in [4.69, 9.17) is 9.47 Å². The largest absolute Gasteiger partial charge is 0.497 e. The van der Waals surface area contributed by atoms with Crippen molar-refractivity contribution in [3.8, 4) is 5.75 Å². The van der Waals surface area contributed by atoms with Crippen LogP contribution >= 0.6 is 11.3 Å². The van der Waals surface area contributed by atoms with Gasteiger partial charge in [0.15, 0.2) is 0 Å². The standard InChI is InChI=1S/C17H21NO3S/c1-20-15-4-2-3-13(9-15)16(19)10-18-6-7-21-17(11-18)14-5-8-22-12-14/h2-5,8-9,12,16-17,19H,6-7,10-11H2,1H3. The zero-order chi connectivity index (χ0) is 15.4. The van der Waals surface area contributed by atoms with Gasteiger partial charge in [-0.15, -0.1) is 0 Å². The molecule has 2 atom stereocenters. The Bertz CT molecular complexity index is 587. The zero-order valence-corrected chi connectivity index (χ0v) is 13.5. The molecule has 0 spiro atoms. The number of morpholine rings is 1. The Morgan fingerprint density at radius 1 is 1.45 bits per heavy atom. The van der Waals surface area contributed by atoms with E-state index in [0.29, 0.717) is 13.2 Å². The van der Waals surface area contributed by atoms with Crippen LogP contribution in [0.15, 0.2) is 41.1 Å². The average molecular weight is 319 g/mol. The Hall–Kier alpha value is -1.40. The van der Waals surface area contributed by atoms with Crippen molar-refractivity contribution in [1.29, 1.82) is 0 Å². The van der Waals surface area contributed by atoms with Crippen molar-refractivity contribution in [3.05, 3.63) is 52.2 Å². The third-order valence-corrected chi connectivity index (χ3v) is 4.68. The number of rotatable bonds is 5. The minimum atomic E-state index is -0.517. The molecule has 1 aliphatic heterocycles. The predicted molar refractivity (Wildman–Crippen MR) is 87.4 cm³/mol. The Morgan fingerprint density at radius 3 is 3.14 bits per heavy atom. The minimum Gasteiger partial charge on any atom is -0.497 e. The van der Waals surface area contributed by atoms with Crippen LogP contribution in [0.2, 0.25) is 0 Å². The second-order valence-corrected chi connectivity index (χ2v) is 6.25. The first-order valence-corrected chi connectivity index (χ1v) is 8.38. The number of thiophene rings is 1. The lowest BCUT2D eigenvalue weighted by molar-refractivity contribution is -0.0422. The number of ether oxygens (including phenoxy) is 2. The van der Waals surface area contributed by atoms with E-state index in [-0.39, 0.29) is 6.10 Å². The van der Waals surface area contributed by atoms with Crippen molar-refractivity contribution in [2.75, 3.05) is 33.4 Å². The summed E-state index contributed by atoms with van der Waals surface area (Å²) in [4.78, 5) is 2.26. The summed E-state index contributed by atoms with van der Waals surface area (Å²) in [6.45, 7) is 2.97. The Kier molecular flexibility index (Phi) is 5.10. The topological polar surface area (TPSA) is 41.9 Å². The van der Waals surface area contributed by atoms with Gasteiger partial charge in [-0.3, -0.25) is 4.90 Å². The summed E-state index contributed by atoms with van der Waals surface area (Å²) in [5, 5.41) is 14.7. The first-order valence-electron chi connectivity index (χ1n) is 7.44. The highest BCUT2D eigenvalue weighted by Crippen LogP contribution is 2.26. The number of benzene rings is 1. The Morgan fingerprint density at radius 2 is 2.36 bits per heavy atom. The van der Waals surface area contributed by atoms with Crippen molar-refractivity contribution in [1.82, 2.24) is 4.90 Å². The van der Waals surface area contributed by atoms with Crippen molar-refractivity contribution in [2.24, 2.45) is 0 Å². The highest BCUT2D eigenvalue weighted by atomic mass is 32.1. The predicted octanol–water partition coefficient (Wildman–Crippen LogP) is 2.86. The van der Waals surface area contributed by atoms with Gasteiger partial charge in [-0.05, 0) is 40.1 Å². The molecule has 3 rings (SSSR count). The van der Waals surface area contributed by atoms with Crippen LogP contribution in [-0.2, 0) is 4.74 Å². The molecular formula is C17H21NO3S. The molecule has 118 valence electrons. The van der Waals surface area contributed by atoms with E-state index < -0.39 is 6.10 Å². The highest BCUT2D eigenvalue weighted by molar-refractivity contribution is 7.07. The lowest BCUT2D eigenvalue weighted by Crippen LogP contribution is -2.40. The molecule has 1 fully saturated rings. The summed E-state index contributed by atoms with van der Waals surface area (Å²) in [7, 11) is 1.64. The van der Waals surface area contributed by atoms with Crippen LogP contribution in [0, 0.1) is 0 Å². The quantitative estimate of drug-likeness (QED) is 0.920. The third kappa shape index (κ3) is 3.67. The molecule has 2 unspecified atom stereocenters. The van der Waals surface area contributed by atoms with Crippen LogP contribution in [-0.4, -0.2) is 43.4 Å². The maximum atomic E-state index is 10.5. The van der Waals surface area contributed by atoms with Crippen molar-refractivity contribution in [3.63, 3.8) is 0 Å². The number of methoxy groups -OCH3 is 1. The second-order valence-electron chi connectivity index (χ2n) is 5.47. The van der Waals surface area contributed by atoms with Crippen LogP contribution in [0.3, 0.4) is 0 Å². The molecule has 22 heavy (non-hydrogen) atoms. The summed E-state index contributed by atoms with van der Waals surface area (Å²) in [6.07, 6.45) is -0.408. The first-order chi connectivity index (χ1) is 10.8. The summed E-state index contributed by atoms with van der Waals surface area (Å²) >= 11 is 1.69. The van der Waals surface area contributed by atoms with Gasteiger partial charge in [-0.2, -0.15) is 11.3 Å². The number of aliphatic hydroxyl groups excluding tert-OH is 1. The zero-order valence-electron chi connectivity index (χ0n) is 12.6. The maximum Gasteiger partial charge on any atom is 0.119 e. The molecule has 1 aromatic heterocycles. The minimum absolute atomic E-state index is 0.109. The molecule has 1 saturated heterocycles. The van der Waals surface area contributed by atoms with E-state index in [1.165, 1.54) is 5.56 Å². The van der Waals surface area contributed by atoms with Gasteiger partial charge in [-0.1, -0.05) is 12.1 Å². The van der Waals surface area contributed by atoms with Gasteiger partial charge in [0, 0.05) is 19.6 Å². The SMILES string of the molecule is COc1cccc(C(O)CN2CCOC(c3ccsc3)C2)c1. The maximum absolute atomic E-state index is 10.5. The summed E-state index contributed by atoms with van der Waals surface area (Å²) in [5.41, 5.74) is 2.11. The molecule has 2 aromatic rings. The molecule has 2 heterocycles. The molecule has 1 aliphatic rings. The Labute approximate surface area is 134 Å². The highest BCUT2D eigenvalue weighted by Gasteiger charge is 2.24. The number of aliphatic hydroxyl groups is 1. The van der Waals surface area contributed by atoms with E-state index in [1.807, 2.05) is 24.3 Å². The van der Waals surface area contributed by atoms with Crippen LogP contribution in [0.1, 0.15) is 23.3 Å². The third-order valence-electron chi connectivity index (χ3n) is 3.98. The number of nitrogens with zero attached hydrogens (tertiary/aromatic N) is 1. The van der Waals surface area contributed by atoms with Crippen molar-refractivity contribution in [2.45, 2.75) is 12.2 Å². The average Bonchev–Trinajstić information content (AvgIpc) is 3.10. The molecule has 0 amide bonds. The molecular weight excluding hydrogens is 298 g/mol. The van der Waals surface area contributed by atoms with Gasteiger partial charge in [-0.25, -0.2) is 0 Å². The molecule has 0 bridgehead atoms. The monoisotopic (exact) mass is 319 g/mol. The molecule has 5 heteroatoms. The lowest BCUT2D eigenvalue weighted by Gasteiger charge is -2.34. The summed E-state index contributed by atoms with van der Waals surface area (Å²) < 4.78 is 11.1. The molecule has 4 nitrogen and oxygen atoms in total. The van der Waals surface area contributed by atoms with Crippen molar-refractivity contribution < 1.29 is 14.6 Å². The fourth-order valence-corrected chi connectivity index (χ4v) is 3.43. The fraction of sp³-hybridized carbons (Fsp3) is 0.412. The number of hydrogen-bond acceptors (Lipinski definition) is 5. The number of β-amino-alcohol motifs (C(OH)–C–C–N with tert-alkyl or cyclic N) is 1. The molecule has 1 N–H and O–H groups in total. The lowest BCUT2D eigenvalue weighted by atomic mass is 10.1. The fourth-order valence-electron chi connectivity index (χ4n) is 2.73. The van der Waals surface area contributed by atoms with E-state index in [9.17, 15) is 5.11 Å². The van der Waals surface area contributed by atoms with Gasteiger partial charge in [0.1, 0.15) is 5.75 Å². The van der Waals surface area contributed by atoms with E-state index >= 15 is 0 Å². The van der Waals surface area contributed by atoms with E-state index in [2.05, 4.69) is 21.7 Å². The van der Waals surface area contributed by atoms with Crippen LogP contribution in [0.4, 0.5) is 0 Å². The van der Waals surface area contributed by atoms with Gasteiger partial charge in [0.2, 0.25) is 0 Å². The van der Waals surface area contributed by atoms with E-state index in [0.717, 1.165) is 24.4 Å². The normalized spacial score (nSPS) is 20.7. The van der Waals surface area contributed by atoms with Crippen LogP contribution in [0.25, 0.3) is 0 Å². The summed E-state index contributed by atoms with van der Waals surface area (Å²) in [6, 6.07) is 9.73. The van der Waals surface area contributed by atoms with Crippen molar-refractivity contribution >= 4 is 11.3 Å². The van der Waals surface area contributed by atoms with Gasteiger partial charge in [0.05, 0.1) is 25.9 Å². The second kappa shape index (κ2) is 7.24. The molecule has 0 aliphatic carbocycles. The number of hydrogen-bond donors (Lipinski definition) is 1. The van der Waals surface area contributed by atoms with Gasteiger partial charge < -0.3 is 14.6 Å². The Balaban J connectivity index is 1.62.